The van der Waals surface area contributed by atoms with Gasteiger partial charge in [0.1, 0.15) is 5.82 Å². The zero-order chi connectivity index (χ0) is 14.7. The second-order valence-electron chi connectivity index (χ2n) is 5.38. The third-order valence-corrected chi connectivity index (χ3v) is 3.85. The number of amides is 1. The highest BCUT2D eigenvalue weighted by Gasteiger charge is 2.27. The van der Waals surface area contributed by atoms with Crippen molar-refractivity contribution in [1.29, 1.82) is 0 Å². The largest absolute Gasteiger partial charge is 0.367 e. The molecule has 0 bridgehead atoms. The number of carbonyl (C=O) groups is 1. The van der Waals surface area contributed by atoms with Gasteiger partial charge in [-0.2, -0.15) is 0 Å². The Labute approximate surface area is 119 Å². The zero-order valence-corrected chi connectivity index (χ0v) is 12.3. The molecule has 1 unspecified atom stereocenters. The second-order valence-corrected chi connectivity index (χ2v) is 5.38. The topological polar surface area (TPSA) is 26.8 Å². The van der Waals surface area contributed by atoms with Crippen LogP contribution in [0.1, 0.15) is 6.92 Å². The average Bonchev–Trinajstić information content (AvgIpc) is 2.46. The molecule has 1 heterocycles. The van der Waals surface area contributed by atoms with Crippen molar-refractivity contribution in [1.82, 2.24) is 9.80 Å². The maximum Gasteiger partial charge on any atom is 0.239 e. The Morgan fingerprint density at radius 3 is 2.35 bits per heavy atom. The fraction of sp³-hybridized carbons (Fsp3) is 0.533. The van der Waals surface area contributed by atoms with Gasteiger partial charge in [0.05, 0.1) is 11.7 Å². The van der Waals surface area contributed by atoms with E-state index in [2.05, 4.69) is 4.90 Å². The molecule has 20 heavy (non-hydrogen) atoms. The standard InChI is InChI=1S/C15H22FN3O/c1-12(15(20)17(2)3)18-8-10-19(11-9-18)14-7-5-4-6-13(14)16/h4-7,12H,8-11H2,1-3H3. The van der Waals surface area contributed by atoms with Crippen LogP contribution in [-0.4, -0.2) is 62.0 Å². The number of carbonyl (C=O) groups excluding carboxylic acids is 1. The summed E-state index contributed by atoms with van der Waals surface area (Å²) in [6.45, 7) is 4.96. The molecule has 0 N–H and O–H groups in total. The first-order chi connectivity index (χ1) is 9.50. The summed E-state index contributed by atoms with van der Waals surface area (Å²) in [4.78, 5) is 17.8. The van der Waals surface area contributed by atoms with E-state index in [4.69, 9.17) is 0 Å². The molecular formula is C15H22FN3O. The van der Waals surface area contributed by atoms with E-state index in [-0.39, 0.29) is 17.8 Å². The number of rotatable bonds is 3. The van der Waals surface area contributed by atoms with E-state index in [0.717, 1.165) is 26.2 Å². The maximum atomic E-state index is 13.7. The van der Waals surface area contributed by atoms with Crippen LogP contribution in [0.3, 0.4) is 0 Å². The van der Waals surface area contributed by atoms with Gasteiger partial charge in [0, 0.05) is 40.3 Å². The van der Waals surface area contributed by atoms with Crippen molar-refractivity contribution < 1.29 is 9.18 Å². The quantitative estimate of drug-likeness (QED) is 0.837. The summed E-state index contributed by atoms with van der Waals surface area (Å²) in [6.07, 6.45) is 0. The van der Waals surface area contributed by atoms with Gasteiger partial charge >= 0.3 is 0 Å². The predicted octanol–water partition coefficient (Wildman–Crippen LogP) is 1.42. The molecule has 4 nitrogen and oxygen atoms in total. The van der Waals surface area contributed by atoms with Crippen LogP contribution in [-0.2, 0) is 4.79 Å². The van der Waals surface area contributed by atoms with Gasteiger partial charge in [-0.3, -0.25) is 9.69 Å². The van der Waals surface area contributed by atoms with Crippen LogP contribution in [0.2, 0.25) is 0 Å². The minimum absolute atomic E-state index is 0.115. The number of anilines is 1. The number of piperazine rings is 1. The lowest BCUT2D eigenvalue weighted by Crippen LogP contribution is -2.53. The Kier molecular flexibility index (Phi) is 4.60. The molecule has 110 valence electrons. The maximum absolute atomic E-state index is 13.7. The lowest BCUT2D eigenvalue weighted by molar-refractivity contribution is -0.133. The average molecular weight is 279 g/mol. The second kappa shape index (κ2) is 6.22. The number of halogens is 1. The molecule has 1 aliphatic heterocycles. The number of hydrogen-bond donors (Lipinski definition) is 0. The molecular weight excluding hydrogens is 257 g/mol. The lowest BCUT2D eigenvalue weighted by atomic mass is 10.2. The fourth-order valence-corrected chi connectivity index (χ4v) is 2.59. The molecule has 1 amide bonds. The molecule has 1 fully saturated rings. The minimum atomic E-state index is -0.182. The number of nitrogens with zero attached hydrogens (tertiary/aromatic N) is 3. The smallest absolute Gasteiger partial charge is 0.239 e. The monoisotopic (exact) mass is 279 g/mol. The van der Waals surface area contributed by atoms with Crippen LogP contribution in [0.15, 0.2) is 24.3 Å². The molecule has 0 radical (unpaired) electrons. The van der Waals surface area contributed by atoms with E-state index in [9.17, 15) is 9.18 Å². The van der Waals surface area contributed by atoms with Crippen molar-refractivity contribution in [2.24, 2.45) is 0 Å². The first-order valence-corrected chi connectivity index (χ1v) is 6.95. The first kappa shape index (κ1) is 14.8. The minimum Gasteiger partial charge on any atom is -0.367 e. The van der Waals surface area contributed by atoms with Gasteiger partial charge in [0.15, 0.2) is 0 Å². The number of para-hydroxylation sites is 1. The van der Waals surface area contributed by atoms with Gasteiger partial charge in [-0.25, -0.2) is 4.39 Å². The molecule has 1 aromatic rings. The molecule has 1 atom stereocenters. The lowest BCUT2D eigenvalue weighted by Gasteiger charge is -2.39. The van der Waals surface area contributed by atoms with E-state index in [1.165, 1.54) is 6.07 Å². The van der Waals surface area contributed by atoms with Crippen molar-refractivity contribution in [3.8, 4) is 0 Å². The summed E-state index contributed by atoms with van der Waals surface area (Å²) in [5.41, 5.74) is 0.652. The van der Waals surface area contributed by atoms with Gasteiger partial charge in [0.25, 0.3) is 0 Å². The van der Waals surface area contributed by atoms with E-state index in [1.54, 1.807) is 31.1 Å². The van der Waals surface area contributed by atoms with Crippen LogP contribution in [0.25, 0.3) is 0 Å². The summed E-state index contributed by atoms with van der Waals surface area (Å²) >= 11 is 0. The van der Waals surface area contributed by atoms with Crippen LogP contribution >= 0.6 is 0 Å². The van der Waals surface area contributed by atoms with Crippen molar-refractivity contribution in [3.63, 3.8) is 0 Å². The van der Waals surface area contributed by atoms with Crippen LogP contribution in [0, 0.1) is 5.82 Å². The van der Waals surface area contributed by atoms with Crippen molar-refractivity contribution in [3.05, 3.63) is 30.1 Å². The van der Waals surface area contributed by atoms with Gasteiger partial charge in [-0.1, -0.05) is 12.1 Å². The molecule has 5 heteroatoms. The summed E-state index contributed by atoms with van der Waals surface area (Å²) in [5.74, 6) is -0.0669. The van der Waals surface area contributed by atoms with Crippen molar-refractivity contribution in [2.45, 2.75) is 13.0 Å². The Bertz CT molecular complexity index is 470. The molecule has 2 rings (SSSR count). The highest BCUT2D eigenvalue weighted by Crippen LogP contribution is 2.20. The number of hydrogen-bond acceptors (Lipinski definition) is 3. The van der Waals surface area contributed by atoms with Crippen LogP contribution < -0.4 is 4.90 Å². The fourth-order valence-electron chi connectivity index (χ4n) is 2.59. The Hall–Kier alpha value is -1.62. The summed E-state index contributed by atoms with van der Waals surface area (Å²) in [7, 11) is 3.54. The number of benzene rings is 1. The van der Waals surface area contributed by atoms with E-state index in [1.807, 2.05) is 17.9 Å². The molecule has 0 aromatic heterocycles. The number of likely N-dealkylation sites (N-methyl/N-ethyl adjacent to an activating group) is 1. The van der Waals surface area contributed by atoms with E-state index < -0.39 is 0 Å². The molecule has 1 aromatic carbocycles. The zero-order valence-electron chi connectivity index (χ0n) is 12.3. The predicted molar refractivity (Wildman–Crippen MR) is 78.3 cm³/mol. The first-order valence-electron chi connectivity index (χ1n) is 6.95. The van der Waals surface area contributed by atoms with Crippen molar-refractivity contribution >= 4 is 11.6 Å². The summed E-state index contributed by atoms with van der Waals surface area (Å²) in [5, 5.41) is 0. The van der Waals surface area contributed by atoms with Gasteiger partial charge < -0.3 is 9.80 Å². The van der Waals surface area contributed by atoms with E-state index >= 15 is 0 Å². The molecule has 1 aliphatic rings. The highest BCUT2D eigenvalue weighted by molar-refractivity contribution is 5.81. The molecule has 0 aliphatic carbocycles. The molecule has 0 spiro atoms. The van der Waals surface area contributed by atoms with Gasteiger partial charge in [-0.05, 0) is 19.1 Å². The normalized spacial score (nSPS) is 17.9. The summed E-state index contributed by atoms with van der Waals surface area (Å²) < 4.78 is 13.7. The Morgan fingerprint density at radius 2 is 1.80 bits per heavy atom. The third-order valence-electron chi connectivity index (χ3n) is 3.85. The molecule has 0 saturated carbocycles. The summed E-state index contributed by atoms with van der Waals surface area (Å²) in [6, 6.07) is 6.72. The highest BCUT2D eigenvalue weighted by atomic mass is 19.1. The SMILES string of the molecule is CC(C(=O)N(C)C)N1CCN(c2ccccc2F)CC1. The molecule has 1 saturated heterocycles. The van der Waals surface area contributed by atoms with Crippen LogP contribution in [0.4, 0.5) is 10.1 Å². The van der Waals surface area contributed by atoms with E-state index in [0.29, 0.717) is 5.69 Å². The van der Waals surface area contributed by atoms with Crippen LogP contribution in [0.5, 0.6) is 0 Å². The van der Waals surface area contributed by atoms with Crippen molar-refractivity contribution in [2.75, 3.05) is 45.2 Å². The van der Waals surface area contributed by atoms with Gasteiger partial charge in [-0.15, -0.1) is 0 Å². The Balaban J connectivity index is 1.96. The van der Waals surface area contributed by atoms with Gasteiger partial charge in [0.2, 0.25) is 5.91 Å². The Morgan fingerprint density at radius 1 is 1.20 bits per heavy atom. The third kappa shape index (κ3) is 3.10.